The van der Waals surface area contributed by atoms with E-state index in [0.29, 0.717) is 5.92 Å². The summed E-state index contributed by atoms with van der Waals surface area (Å²) >= 11 is 0. The first-order valence-electron chi connectivity index (χ1n) is 5.10. The lowest BCUT2D eigenvalue weighted by atomic mass is 9.94. The summed E-state index contributed by atoms with van der Waals surface area (Å²) < 4.78 is 0. The van der Waals surface area contributed by atoms with E-state index < -0.39 is 0 Å². The lowest BCUT2D eigenvalue weighted by molar-refractivity contribution is -0.126. The normalized spacial score (nSPS) is 17.4. The molecule has 1 fully saturated rings. The molecule has 1 aliphatic rings. The van der Waals surface area contributed by atoms with Crippen LogP contribution in [-0.2, 0) is 4.79 Å². The molecule has 78 valence electrons. The average molecular weight is 195 g/mol. The predicted octanol–water partition coefficient (Wildman–Crippen LogP) is 0.631. The Kier molecular flexibility index (Phi) is 4.48. The van der Waals surface area contributed by atoms with Gasteiger partial charge in [-0.15, -0.1) is 0 Å². The second-order valence-electron chi connectivity index (χ2n) is 3.62. The summed E-state index contributed by atoms with van der Waals surface area (Å²) in [6, 6.07) is 0. The minimum absolute atomic E-state index is 0.0602. The van der Waals surface area contributed by atoms with E-state index in [4.69, 9.17) is 5.11 Å². The van der Waals surface area contributed by atoms with Crippen LogP contribution in [0, 0.1) is 17.8 Å². The van der Waals surface area contributed by atoms with Gasteiger partial charge in [-0.25, -0.2) is 0 Å². The standard InChI is InChI=1S/C11H17NO2/c1-2-3-11(14)12-7-4-10(5-8-12)6-9-13/h10,13H,4-9H2,1H3. The van der Waals surface area contributed by atoms with Gasteiger partial charge in [0.15, 0.2) is 0 Å². The van der Waals surface area contributed by atoms with Crippen molar-refractivity contribution in [2.75, 3.05) is 19.7 Å². The molecular formula is C11H17NO2. The molecule has 0 unspecified atom stereocenters. The minimum Gasteiger partial charge on any atom is -0.396 e. The molecule has 3 heteroatoms. The quantitative estimate of drug-likeness (QED) is 0.657. The van der Waals surface area contributed by atoms with Gasteiger partial charge in [-0.05, 0) is 38.0 Å². The number of likely N-dealkylation sites (tertiary alicyclic amines) is 1. The molecule has 0 aromatic rings. The van der Waals surface area contributed by atoms with Gasteiger partial charge in [-0.2, -0.15) is 0 Å². The van der Waals surface area contributed by atoms with Crippen LogP contribution in [0.2, 0.25) is 0 Å². The van der Waals surface area contributed by atoms with E-state index in [1.165, 1.54) is 0 Å². The van der Waals surface area contributed by atoms with E-state index in [1.807, 2.05) is 0 Å². The Bertz CT molecular complexity index is 244. The van der Waals surface area contributed by atoms with Crippen molar-refractivity contribution in [1.29, 1.82) is 0 Å². The van der Waals surface area contributed by atoms with Gasteiger partial charge in [0.1, 0.15) is 0 Å². The first-order chi connectivity index (χ1) is 6.77. The molecular weight excluding hydrogens is 178 g/mol. The molecule has 1 heterocycles. The van der Waals surface area contributed by atoms with Crippen LogP contribution in [0.4, 0.5) is 0 Å². The number of rotatable bonds is 2. The summed E-state index contributed by atoms with van der Waals surface area (Å²) in [6.45, 7) is 3.51. The molecule has 1 N–H and O–H groups in total. The molecule has 1 amide bonds. The summed E-state index contributed by atoms with van der Waals surface area (Å²) in [6.07, 6.45) is 2.86. The monoisotopic (exact) mass is 195 g/mol. The zero-order valence-electron chi connectivity index (χ0n) is 8.62. The first-order valence-corrected chi connectivity index (χ1v) is 5.10. The van der Waals surface area contributed by atoms with Crippen molar-refractivity contribution >= 4 is 5.91 Å². The van der Waals surface area contributed by atoms with Gasteiger partial charge < -0.3 is 10.0 Å². The molecule has 3 nitrogen and oxygen atoms in total. The fourth-order valence-corrected chi connectivity index (χ4v) is 1.79. The molecule has 1 rings (SSSR count). The Morgan fingerprint density at radius 3 is 2.64 bits per heavy atom. The van der Waals surface area contributed by atoms with Crippen LogP contribution in [-0.4, -0.2) is 35.6 Å². The van der Waals surface area contributed by atoms with Crippen molar-refractivity contribution in [2.24, 2.45) is 5.92 Å². The molecule has 0 spiro atoms. The van der Waals surface area contributed by atoms with E-state index in [0.717, 1.165) is 32.4 Å². The Labute approximate surface area is 85.1 Å². The molecule has 0 aromatic heterocycles. The zero-order chi connectivity index (χ0) is 10.4. The number of amides is 1. The van der Waals surface area contributed by atoms with Crippen LogP contribution in [0.1, 0.15) is 26.2 Å². The topological polar surface area (TPSA) is 40.5 Å². The molecule has 0 radical (unpaired) electrons. The minimum atomic E-state index is -0.0602. The maximum atomic E-state index is 11.4. The van der Waals surface area contributed by atoms with Gasteiger partial charge in [0, 0.05) is 19.7 Å². The summed E-state index contributed by atoms with van der Waals surface area (Å²) in [4.78, 5) is 13.2. The third kappa shape index (κ3) is 3.04. The highest BCUT2D eigenvalue weighted by Crippen LogP contribution is 2.19. The highest BCUT2D eigenvalue weighted by Gasteiger charge is 2.20. The number of piperidine rings is 1. The van der Waals surface area contributed by atoms with Crippen molar-refractivity contribution in [3.63, 3.8) is 0 Å². The van der Waals surface area contributed by atoms with Crippen LogP contribution in [0.15, 0.2) is 0 Å². The lowest BCUT2D eigenvalue weighted by Crippen LogP contribution is -2.37. The van der Waals surface area contributed by atoms with Gasteiger partial charge in [-0.3, -0.25) is 4.79 Å². The third-order valence-corrected chi connectivity index (χ3v) is 2.67. The fourth-order valence-electron chi connectivity index (χ4n) is 1.79. The smallest absolute Gasteiger partial charge is 0.298 e. The third-order valence-electron chi connectivity index (χ3n) is 2.67. The highest BCUT2D eigenvalue weighted by atomic mass is 16.3. The van der Waals surface area contributed by atoms with Crippen LogP contribution in [0.3, 0.4) is 0 Å². The predicted molar refractivity (Wildman–Crippen MR) is 54.5 cm³/mol. The fraction of sp³-hybridized carbons (Fsp3) is 0.727. The average Bonchev–Trinajstić information content (AvgIpc) is 2.20. The first kappa shape index (κ1) is 11.1. The van der Waals surface area contributed by atoms with Crippen molar-refractivity contribution in [2.45, 2.75) is 26.2 Å². The molecule has 1 saturated heterocycles. The number of hydrogen-bond donors (Lipinski definition) is 1. The molecule has 0 bridgehead atoms. The largest absolute Gasteiger partial charge is 0.396 e. The van der Waals surface area contributed by atoms with E-state index in [1.54, 1.807) is 11.8 Å². The second kappa shape index (κ2) is 5.66. The summed E-state index contributed by atoms with van der Waals surface area (Å²) in [7, 11) is 0. The Hall–Kier alpha value is -1.01. The molecule has 0 aromatic carbocycles. The van der Waals surface area contributed by atoms with Gasteiger partial charge in [0.05, 0.1) is 0 Å². The van der Waals surface area contributed by atoms with Crippen molar-refractivity contribution in [1.82, 2.24) is 4.90 Å². The number of aliphatic hydroxyl groups excluding tert-OH is 1. The Morgan fingerprint density at radius 1 is 1.50 bits per heavy atom. The van der Waals surface area contributed by atoms with E-state index >= 15 is 0 Å². The number of carbonyl (C=O) groups is 1. The summed E-state index contributed by atoms with van der Waals surface area (Å²) in [5.74, 6) is 5.69. The SMILES string of the molecule is CC#CC(=O)N1CCC(CCO)CC1. The van der Waals surface area contributed by atoms with Crippen molar-refractivity contribution in [3.05, 3.63) is 0 Å². The molecule has 0 atom stereocenters. The summed E-state index contributed by atoms with van der Waals surface area (Å²) in [5, 5.41) is 8.77. The van der Waals surface area contributed by atoms with Crippen LogP contribution >= 0.6 is 0 Å². The number of hydrogen-bond acceptors (Lipinski definition) is 2. The molecule has 0 saturated carbocycles. The summed E-state index contributed by atoms with van der Waals surface area (Å²) in [5.41, 5.74) is 0. The van der Waals surface area contributed by atoms with Crippen LogP contribution < -0.4 is 0 Å². The van der Waals surface area contributed by atoms with Crippen molar-refractivity contribution < 1.29 is 9.90 Å². The van der Waals surface area contributed by atoms with E-state index in [-0.39, 0.29) is 12.5 Å². The molecule has 1 aliphatic heterocycles. The lowest BCUT2D eigenvalue weighted by Gasteiger charge is -2.30. The zero-order valence-corrected chi connectivity index (χ0v) is 8.62. The van der Waals surface area contributed by atoms with Gasteiger partial charge in [0.25, 0.3) is 5.91 Å². The number of aliphatic hydroxyl groups is 1. The van der Waals surface area contributed by atoms with Crippen LogP contribution in [0.5, 0.6) is 0 Å². The van der Waals surface area contributed by atoms with Gasteiger partial charge >= 0.3 is 0 Å². The Morgan fingerprint density at radius 2 is 2.14 bits per heavy atom. The van der Waals surface area contributed by atoms with Crippen LogP contribution in [0.25, 0.3) is 0 Å². The molecule has 0 aliphatic carbocycles. The maximum absolute atomic E-state index is 11.4. The number of nitrogens with zero attached hydrogens (tertiary/aromatic N) is 1. The highest BCUT2D eigenvalue weighted by molar-refractivity contribution is 5.93. The van der Waals surface area contributed by atoms with E-state index in [2.05, 4.69) is 11.8 Å². The Balaban J connectivity index is 2.34. The van der Waals surface area contributed by atoms with Crippen molar-refractivity contribution in [3.8, 4) is 11.8 Å². The maximum Gasteiger partial charge on any atom is 0.298 e. The second-order valence-corrected chi connectivity index (χ2v) is 3.62. The number of carbonyl (C=O) groups excluding carboxylic acids is 1. The van der Waals surface area contributed by atoms with Gasteiger partial charge in [0.2, 0.25) is 0 Å². The van der Waals surface area contributed by atoms with E-state index in [9.17, 15) is 4.79 Å². The van der Waals surface area contributed by atoms with Gasteiger partial charge in [-0.1, -0.05) is 5.92 Å². The molecule has 14 heavy (non-hydrogen) atoms.